The van der Waals surface area contributed by atoms with Crippen LogP contribution in [0.5, 0.6) is 0 Å². The molecular formula is C10H9NS. The van der Waals surface area contributed by atoms with Crippen molar-refractivity contribution in [3.8, 4) is 10.6 Å². The van der Waals surface area contributed by atoms with E-state index < -0.39 is 0 Å². The highest BCUT2D eigenvalue weighted by Crippen LogP contribution is 2.21. The minimum atomic E-state index is 1.10. The summed E-state index contributed by atoms with van der Waals surface area (Å²) in [6.07, 6.45) is 1.84. The van der Waals surface area contributed by atoms with E-state index in [9.17, 15) is 0 Å². The van der Waals surface area contributed by atoms with Gasteiger partial charge in [-0.1, -0.05) is 23.8 Å². The van der Waals surface area contributed by atoms with Crippen molar-refractivity contribution in [3.05, 3.63) is 41.4 Å². The van der Waals surface area contributed by atoms with E-state index in [0.717, 1.165) is 5.01 Å². The molecule has 12 heavy (non-hydrogen) atoms. The van der Waals surface area contributed by atoms with Gasteiger partial charge < -0.3 is 0 Å². The highest BCUT2D eigenvalue weighted by Gasteiger charge is 1.98. The SMILES string of the molecule is Cc1cccc(-c2nccs2)c1. The van der Waals surface area contributed by atoms with Gasteiger partial charge in [-0.2, -0.15) is 0 Å². The highest BCUT2D eigenvalue weighted by molar-refractivity contribution is 7.13. The molecule has 0 aliphatic carbocycles. The summed E-state index contributed by atoms with van der Waals surface area (Å²) in [5.74, 6) is 0. The maximum absolute atomic E-state index is 4.25. The second-order valence-corrected chi connectivity index (χ2v) is 3.60. The number of benzene rings is 1. The van der Waals surface area contributed by atoms with E-state index >= 15 is 0 Å². The number of rotatable bonds is 1. The lowest BCUT2D eigenvalue weighted by atomic mass is 10.1. The maximum Gasteiger partial charge on any atom is 0.123 e. The molecule has 0 unspecified atom stereocenters. The average Bonchev–Trinajstić information content (AvgIpc) is 2.56. The third kappa shape index (κ3) is 1.38. The van der Waals surface area contributed by atoms with E-state index in [1.54, 1.807) is 11.3 Å². The van der Waals surface area contributed by atoms with Crippen molar-refractivity contribution < 1.29 is 0 Å². The van der Waals surface area contributed by atoms with Gasteiger partial charge in [0.15, 0.2) is 0 Å². The van der Waals surface area contributed by atoms with Gasteiger partial charge in [-0.3, -0.25) is 0 Å². The summed E-state index contributed by atoms with van der Waals surface area (Å²) in [5.41, 5.74) is 2.49. The Morgan fingerprint density at radius 3 is 2.92 bits per heavy atom. The van der Waals surface area contributed by atoms with Gasteiger partial charge in [0.05, 0.1) is 0 Å². The zero-order valence-corrected chi connectivity index (χ0v) is 7.64. The molecule has 0 spiro atoms. The topological polar surface area (TPSA) is 12.9 Å². The first-order chi connectivity index (χ1) is 5.86. The number of thiazole rings is 1. The molecule has 60 valence electrons. The van der Waals surface area contributed by atoms with E-state index in [2.05, 4.69) is 36.2 Å². The molecule has 0 aliphatic heterocycles. The van der Waals surface area contributed by atoms with Gasteiger partial charge in [-0.15, -0.1) is 11.3 Å². The van der Waals surface area contributed by atoms with Crippen molar-refractivity contribution in [2.75, 3.05) is 0 Å². The van der Waals surface area contributed by atoms with Gasteiger partial charge in [0.25, 0.3) is 0 Å². The molecule has 0 N–H and O–H groups in total. The molecule has 1 heterocycles. The number of hydrogen-bond donors (Lipinski definition) is 0. The Hall–Kier alpha value is -1.15. The van der Waals surface area contributed by atoms with Crippen molar-refractivity contribution in [2.24, 2.45) is 0 Å². The summed E-state index contributed by atoms with van der Waals surface area (Å²) in [5, 5.41) is 3.09. The quantitative estimate of drug-likeness (QED) is 0.649. The van der Waals surface area contributed by atoms with Gasteiger partial charge in [0.2, 0.25) is 0 Å². The number of hydrogen-bond acceptors (Lipinski definition) is 2. The third-order valence-electron chi connectivity index (χ3n) is 1.70. The Bertz CT molecular complexity index is 365. The van der Waals surface area contributed by atoms with Crippen LogP contribution in [0.25, 0.3) is 10.6 Å². The molecule has 0 bridgehead atoms. The lowest BCUT2D eigenvalue weighted by Crippen LogP contribution is -1.76. The van der Waals surface area contributed by atoms with Crippen molar-refractivity contribution in [2.45, 2.75) is 6.92 Å². The van der Waals surface area contributed by atoms with Gasteiger partial charge in [0.1, 0.15) is 5.01 Å². The van der Waals surface area contributed by atoms with Crippen LogP contribution in [0.2, 0.25) is 0 Å². The molecule has 0 atom stereocenters. The predicted octanol–water partition coefficient (Wildman–Crippen LogP) is 3.12. The molecule has 0 amide bonds. The summed E-state index contributed by atoms with van der Waals surface area (Å²) in [7, 11) is 0. The fourth-order valence-electron chi connectivity index (χ4n) is 1.14. The van der Waals surface area contributed by atoms with Crippen molar-refractivity contribution >= 4 is 11.3 Å². The first kappa shape index (κ1) is 7.50. The molecule has 0 saturated carbocycles. The fraction of sp³-hybridized carbons (Fsp3) is 0.100. The predicted molar refractivity (Wildman–Crippen MR) is 52.3 cm³/mol. The molecule has 0 saturated heterocycles. The minimum Gasteiger partial charge on any atom is -0.245 e. The van der Waals surface area contributed by atoms with Crippen LogP contribution >= 0.6 is 11.3 Å². The van der Waals surface area contributed by atoms with Crippen molar-refractivity contribution in [1.29, 1.82) is 0 Å². The molecule has 1 aromatic heterocycles. The normalized spacial score (nSPS) is 10.1. The second kappa shape index (κ2) is 3.07. The van der Waals surface area contributed by atoms with E-state index in [1.165, 1.54) is 11.1 Å². The first-order valence-electron chi connectivity index (χ1n) is 3.83. The molecule has 0 aliphatic rings. The lowest BCUT2D eigenvalue weighted by molar-refractivity contribution is 1.39. The zero-order valence-electron chi connectivity index (χ0n) is 6.82. The number of aryl methyl sites for hydroxylation is 1. The van der Waals surface area contributed by atoms with Crippen LogP contribution in [0.4, 0.5) is 0 Å². The smallest absolute Gasteiger partial charge is 0.123 e. The van der Waals surface area contributed by atoms with Crippen molar-refractivity contribution in [3.63, 3.8) is 0 Å². The van der Waals surface area contributed by atoms with Gasteiger partial charge >= 0.3 is 0 Å². The van der Waals surface area contributed by atoms with Crippen LogP contribution in [0.1, 0.15) is 5.56 Å². The molecule has 2 rings (SSSR count). The van der Waals surface area contributed by atoms with E-state index in [0.29, 0.717) is 0 Å². The molecule has 2 aromatic rings. The van der Waals surface area contributed by atoms with Crippen LogP contribution in [0.15, 0.2) is 35.8 Å². The van der Waals surface area contributed by atoms with Gasteiger partial charge in [0, 0.05) is 17.1 Å². The Labute approximate surface area is 75.7 Å². The highest BCUT2D eigenvalue weighted by atomic mass is 32.1. The summed E-state index contributed by atoms with van der Waals surface area (Å²) < 4.78 is 0. The van der Waals surface area contributed by atoms with E-state index in [1.807, 2.05) is 11.6 Å². The van der Waals surface area contributed by atoms with E-state index in [4.69, 9.17) is 0 Å². The Morgan fingerprint density at radius 1 is 1.33 bits per heavy atom. The lowest BCUT2D eigenvalue weighted by Gasteiger charge is -1.96. The first-order valence-corrected chi connectivity index (χ1v) is 4.71. The van der Waals surface area contributed by atoms with Crippen LogP contribution in [-0.4, -0.2) is 4.98 Å². The third-order valence-corrected chi connectivity index (χ3v) is 2.52. The Kier molecular flexibility index (Phi) is 1.92. The van der Waals surface area contributed by atoms with Crippen LogP contribution < -0.4 is 0 Å². The zero-order chi connectivity index (χ0) is 8.39. The largest absolute Gasteiger partial charge is 0.245 e. The number of aromatic nitrogens is 1. The van der Waals surface area contributed by atoms with Gasteiger partial charge in [-0.25, -0.2) is 4.98 Å². The van der Waals surface area contributed by atoms with Crippen LogP contribution in [0.3, 0.4) is 0 Å². The summed E-state index contributed by atoms with van der Waals surface area (Å²) >= 11 is 1.67. The van der Waals surface area contributed by atoms with Crippen LogP contribution in [0, 0.1) is 6.92 Å². The molecule has 0 fully saturated rings. The van der Waals surface area contributed by atoms with Crippen molar-refractivity contribution in [1.82, 2.24) is 4.98 Å². The average molecular weight is 175 g/mol. The summed E-state index contributed by atoms with van der Waals surface area (Å²) in [6, 6.07) is 8.40. The van der Waals surface area contributed by atoms with E-state index in [-0.39, 0.29) is 0 Å². The monoisotopic (exact) mass is 175 g/mol. The van der Waals surface area contributed by atoms with Gasteiger partial charge in [-0.05, 0) is 13.0 Å². The fourth-order valence-corrected chi connectivity index (χ4v) is 1.78. The maximum atomic E-state index is 4.25. The molecule has 1 nitrogen and oxygen atoms in total. The molecule has 2 heteroatoms. The summed E-state index contributed by atoms with van der Waals surface area (Å²) in [6.45, 7) is 2.09. The second-order valence-electron chi connectivity index (χ2n) is 2.71. The Balaban J connectivity index is 2.48. The molecular weight excluding hydrogens is 166 g/mol. The number of nitrogens with zero attached hydrogens (tertiary/aromatic N) is 1. The van der Waals surface area contributed by atoms with Crippen LogP contribution in [-0.2, 0) is 0 Å². The summed E-state index contributed by atoms with van der Waals surface area (Å²) in [4.78, 5) is 4.25. The molecule has 0 radical (unpaired) electrons. The standard InChI is InChI=1S/C10H9NS/c1-8-3-2-4-9(7-8)10-11-5-6-12-10/h2-7H,1H3. The minimum absolute atomic E-state index is 1.10. The Morgan fingerprint density at radius 2 is 2.25 bits per heavy atom. The molecule has 1 aromatic carbocycles.